The van der Waals surface area contributed by atoms with Gasteiger partial charge in [-0.05, 0) is 12.1 Å². The Morgan fingerprint density at radius 1 is 1.47 bits per heavy atom. The van der Waals surface area contributed by atoms with Crippen LogP contribution in [0.3, 0.4) is 0 Å². The van der Waals surface area contributed by atoms with Crippen molar-refractivity contribution in [3.8, 4) is 11.4 Å². The van der Waals surface area contributed by atoms with E-state index in [9.17, 15) is 4.79 Å². The van der Waals surface area contributed by atoms with Crippen LogP contribution in [0.4, 0.5) is 6.01 Å². The van der Waals surface area contributed by atoms with Gasteiger partial charge in [0.2, 0.25) is 5.76 Å². The Labute approximate surface area is 84.4 Å². The fraction of sp³-hybridized carbons (Fsp3) is 0. The molecule has 0 unspecified atom stereocenters. The van der Waals surface area contributed by atoms with Gasteiger partial charge in [-0.1, -0.05) is 6.07 Å². The number of rotatable bonds is 2. The van der Waals surface area contributed by atoms with Gasteiger partial charge in [-0.15, -0.1) is 0 Å². The molecular formula is C9H7N3O3. The molecule has 2 rings (SSSR count). The van der Waals surface area contributed by atoms with Gasteiger partial charge in [0.05, 0.1) is 5.69 Å². The van der Waals surface area contributed by atoms with Gasteiger partial charge in [0.25, 0.3) is 6.01 Å². The molecule has 0 saturated heterocycles. The highest BCUT2D eigenvalue weighted by Crippen LogP contribution is 2.22. The quantitative estimate of drug-likeness (QED) is 0.758. The van der Waals surface area contributed by atoms with Crippen LogP contribution >= 0.6 is 0 Å². The lowest BCUT2D eigenvalue weighted by Crippen LogP contribution is -1.97. The fourth-order valence-corrected chi connectivity index (χ4v) is 1.16. The summed E-state index contributed by atoms with van der Waals surface area (Å²) in [6, 6.07) is 4.88. The number of aromatic nitrogens is 2. The monoisotopic (exact) mass is 205 g/mol. The molecule has 0 aliphatic carbocycles. The second-order valence-corrected chi connectivity index (χ2v) is 2.75. The van der Waals surface area contributed by atoms with E-state index in [0.717, 1.165) is 0 Å². The number of hydrogen-bond acceptors (Lipinski definition) is 5. The van der Waals surface area contributed by atoms with E-state index >= 15 is 0 Å². The minimum Gasteiger partial charge on any atom is -0.475 e. The summed E-state index contributed by atoms with van der Waals surface area (Å²) in [5.41, 5.74) is 5.84. The number of carbonyl (C=O) groups is 1. The first-order chi connectivity index (χ1) is 7.18. The zero-order valence-corrected chi connectivity index (χ0v) is 7.54. The van der Waals surface area contributed by atoms with Crippen LogP contribution in [0.2, 0.25) is 0 Å². The van der Waals surface area contributed by atoms with Crippen molar-refractivity contribution in [3.63, 3.8) is 0 Å². The number of carboxylic acids is 1. The lowest BCUT2D eigenvalue weighted by atomic mass is 10.2. The molecule has 0 aromatic carbocycles. The van der Waals surface area contributed by atoms with Gasteiger partial charge in [-0.25, -0.2) is 4.79 Å². The SMILES string of the molecule is Nc1nc(-c2ccccn2)c(C(=O)O)o1. The molecule has 2 heterocycles. The minimum absolute atomic E-state index is 0.139. The summed E-state index contributed by atoms with van der Waals surface area (Å²) in [6.45, 7) is 0. The first kappa shape index (κ1) is 9.20. The summed E-state index contributed by atoms with van der Waals surface area (Å²) in [6.07, 6.45) is 1.53. The van der Waals surface area contributed by atoms with Gasteiger partial charge in [0.1, 0.15) is 5.69 Å². The van der Waals surface area contributed by atoms with Crippen molar-refractivity contribution in [2.45, 2.75) is 0 Å². The van der Waals surface area contributed by atoms with E-state index in [1.807, 2.05) is 0 Å². The molecule has 2 aromatic rings. The highest BCUT2D eigenvalue weighted by molar-refractivity contribution is 5.91. The molecule has 0 saturated carbocycles. The van der Waals surface area contributed by atoms with Gasteiger partial charge in [-0.2, -0.15) is 4.98 Å². The Hall–Kier alpha value is -2.37. The first-order valence-corrected chi connectivity index (χ1v) is 4.09. The fourth-order valence-electron chi connectivity index (χ4n) is 1.16. The average Bonchev–Trinajstić information content (AvgIpc) is 2.62. The van der Waals surface area contributed by atoms with E-state index in [1.54, 1.807) is 18.2 Å². The molecule has 3 N–H and O–H groups in total. The second-order valence-electron chi connectivity index (χ2n) is 2.75. The van der Waals surface area contributed by atoms with Crippen LogP contribution in [0.25, 0.3) is 11.4 Å². The Kier molecular flexibility index (Phi) is 2.09. The molecule has 0 radical (unpaired) electrons. The summed E-state index contributed by atoms with van der Waals surface area (Å²) in [5.74, 6) is -1.52. The Morgan fingerprint density at radius 2 is 2.27 bits per heavy atom. The van der Waals surface area contributed by atoms with Crippen LogP contribution in [-0.2, 0) is 0 Å². The summed E-state index contributed by atoms with van der Waals surface area (Å²) in [7, 11) is 0. The van der Waals surface area contributed by atoms with Gasteiger partial charge >= 0.3 is 5.97 Å². The first-order valence-electron chi connectivity index (χ1n) is 4.09. The zero-order valence-electron chi connectivity index (χ0n) is 7.54. The number of hydrogen-bond donors (Lipinski definition) is 2. The molecule has 0 aliphatic rings. The van der Waals surface area contributed by atoms with Crippen LogP contribution in [-0.4, -0.2) is 21.0 Å². The number of aromatic carboxylic acids is 1. The Balaban J connectivity index is 2.58. The predicted molar refractivity (Wildman–Crippen MR) is 51.1 cm³/mol. The van der Waals surface area contributed by atoms with Crippen molar-refractivity contribution in [2.24, 2.45) is 0 Å². The zero-order chi connectivity index (χ0) is 10.8. The number of carboxylic acid groups (broad SMARTS) is 1. The third kappa shape index (κ3) is 1.64. The molecule has 0 atom stereocenters. The number of nitrogens with zero attached hydrogens (tertiary/aromatic N) is 2. The van der Waals surface area contributed by atoms with E-state index in [0.29, 0.717) is 5.69 Å². The Morgan fingerprint density at radius 3 is 2.87 bits per heavy atom. The molecule has 6 nitrogen and oxygen atoms in total. The number of oxazole rings is 1. The topological polar surface area (TPSA) is 102 Å². The standard InChI is InChI=1S/C9H7N3O3/c10-9-12-6(7(15-9)8(13)14)5-3-1-2-4-11-5/h1-4H,(H2,10,12)(H,13,14). The second kappa shape index (κ2) is 3.41. The van der Waals surface area contributed by atoms with Crippen LogP contribution in [0, 0.1) is 0 Å². The van der Waals surface area contributed by atoms with E-state index in [-0.39, 0.29) is 17.5 Å². The molecule has 0 amide bonds. The van der Waals surface area contributed by atoms with Crippen molar-refractivity contribution in [3.05, 3.63) is 30.2 Å². The van der Waals surface area contributed by atoms with Gasteiger partial charge in [-0.3, -0.25) is 4.98 Å². The Bertz CT molecular complexity index is 493. The molecule has 2 aromatic heterocycles. The average molecular weight is 205 g/mol. The van der Waals surface area contributed by atoms with Crippen LogP contribution < -0.4 is 5.73 Å². The lowest BCUT2D eigenvalue weighted by molar-refractivity contribution is 0.0665. The number of anilines is 1. The predicted octanol–water partition coefficient (Wildman–Crippen LogP) is 1.02. The van der Waals surface area contributed by atoms with Crippen molar-refractivity contribution in [1.29, 1.82) is 0 Å². The van der Waals surface area contributed by atoms with Crippen LogP contribution in [0.15, 0.2) is 28.8 Å². The van der Waals surface area contributed by atoms with Gasteiger partial charge in [0.15, 0.2) is 0 Å². The maximum atomic E-state index is 10.8. The van der Waals surface area contributed by atoms with Crippen molar-refractivity contribution < 1.29 is 14.3 Å². The van der Waals surface area contributed by atoms with Crippen LogP contribution in [0.1, 0.15) is 10.6 Å². The molecule has 0 bridgehead atoms. The minimum atomic E-state index is -1.22. The molecule has 0 spiro atoms. The summed E-state index contributed by atoms with van der Waals surface area (Å²) >= 11 is 0. The maximum absolute atomic E-state index is 10.8. The van der Waals surface area contributed by atoms with Gasteiger partial charge in [0, 0.05) is 6.20 Å². The summed E-state index contributed by atoms with van der Waals surface area (Å²) in [4.78, 5) is 18.5. The van der Waals surface area contributed by atoms with E-state index in [4.69, 9.17) is 15.3 Å². The van der Waals surface area contributed by atoms with Gasteiger partial charge < -0.3 is 15.3 Å². The summed E-state index contributed by atoms with van der Waals surface area (Å²) in [5, 5.41) is 8.82. The van der Waals surface area contributed by atoms with Crippen molar-refractivity contribution >= 4 is 12.0 Å². The third-order valence-electron chi connectivity index (χ3n) is 1.75. The smallest absolute Gasteiger partial charge is 0.374 e. The molecule has 0 aliphatic heterocycles. The van der Waals surface area contributed by atoms with Crippen LogP contribution in [0.5, 0.6) is 0 Å². The molecule has 76 valence electrons. The van der Waals surface area contributed by atoms with Crippen molar-refractivity contribution in [1.82, 2.24) is 9.97 Å². The largest absolute Gasteiger partial charge is 0.475 e. The number of pyridine rings is 1. The molecular weight excluding hydrogens is 198 g/mol. The van der Waals surface area contributed by atoms with E-state index in [1.165, 1.54) is 6.20 Å². The highest BCUT2D eigenvalue weighted by atomic mass is 16.4. The number of nitrogen functional groups attached to an aromatic ring is 1. The maximum Gasteiger partial charge on any atom is 0.374 e. The summed E-state index contributed by atoms with van der Waals surface area (Å²) < 4.78 is 4.76. The molecule has 0 fully saturated rings. The molecule has 15 heavy (non-hydrogen) atoms. The lowest BCUT2D eigenvalue weighted by Gasteiger charge is -1.94. The molecule has 6 heteroatoms. The third-order valence-corrected chi connectivity index (χ3v) is 1.75. The van der Waals surface area contributed by atoms with E-state index in [2.05, 4.69) is 9.97 Å². The number of nitrogens with two attached hydrogens (primary N) is 1. The normalized spacial score (nSPS) is 10.1. The van der Waals surface area contributed by atoms with E-state index < -0.39 is 5.97 Å². The highest BCUT2D eigenvalue weighted by Gasteiger charge is 2.20. The van der Waals surface area contributed by atoms with Crippen molar-refractivity contribution in [2.75, 3.05) is 5.73 Å².